The van der Waals surface area contributed by atoms with Crippen molar-refractivity contribution in [3.8, 4) is 5.69 Å². The van der Waals surface area contributed by atoms with Crippen molar-refractivity contribution in [1.82, 2.24) is 9.55 Å². The van der Waals surface area contributed by atoms with Crippen molar-refractivity contribution in [3.05, 3.63) is 57.8 Å². The molecule has 0 N–H and O–H groups in total. The Hall–Kier alpha value is -1.32. The number of nitrogens with zero attached hydrogens (tertiary/aromatic N) is 2. The Morgan fingerprint density at radius 3 is 2.70 bits per heavy atom. The molecule has 2 aromatic carbocycles. The largest absolute Gasteiger partial charge is 0.295 e. The van der Waals surface area contributed by atoms with Crippen molar-refractivity contribution in [2.45, 2.75) is 19.7 Å². The standard InChI is InChI=1S/C16H14BrClN2/c1-10-6-12(17)8-13(7-10)20-14-5-3-4-11(2)16(14)19-15(20)9-18/h3-8H,9H2,1-2H3. The van der Waals surface area contributed by atoms with Gasteiger partial charge in [-0.05, 0) is 49.2 Å². The summed E-state index contributed by atoms with van der Waals surface area (Å²) in [5.74, 6) is 1.26. The van der Waals surface area contributed by atoms with Crippen LogP contribution in [0.2, 0.25) is 0 Å². The van der Waals surface area contributed by atoms with E-state index in [9.17, 15) is 0 Å². The van der Waals surface area contributed by atoms with Gasteiger partial charge in [-0.15, -0.1) is 11.6 Å². The summed E-state index contributed by atoms with van der Waals surface area (Å²) in [7, 11) is 0. The Bertz CT molecular complexity index is 772. The van der Waals surface area contributed by atoms with Gasteiger partial charge in [-0.2, -0.15) is 0 Å². The van der Waals surface area contributed by atoms with Gasteiger partial charge in [0.25, 0.3) is 0 Å². The molecule has 0 atom stereocenters. The van der Waals surface area contributed by atoms with E-state index in [1.54, 1.807) is 0 Å². The number of para-hydroxylation sites is 1. The lowest BCUT2D eigenvalue weighted by atomic mass is 10.2. The van der Waals surface area contributed by atoms with E-state index in [0.717, 1.165) is 27.0 Å². The van der Waals surface area contributed by atoms with E-state index in [-0.39, 0.29) is 0 Å². The molecule has 0 aliphatic rings. The Kier molecular flexibility index (Phi) is 3.57. The zero-order chi connectivity index (χ0) is 14.3. The maximum Gasteiger partial charge on any atom is 0.129 e. The van der Waals surface area contributed by atoms with Gasteiger partial charge in [0.05, 0.1) is 16.9 Å². The third-order valence-electron chi connectivity index (χ3n) is 3.36. The Morgan fingerprint density at radius 1 is 1.20 bits per heavy atom. The van der Waals surface area contributed by atoms with Crippen molar-refractivity contribution >= 4 is 38.6 Å². The minimum atomic E-state index is 0.389. The summed E-state index contributed by atoms with van der Waals surface area (Å²) in [5, 5.41) is 0. The van der Waals surface area contributed by atoms with Crippen molar-refractivity contribution in [1.29, 1.82) is 0 Å². The van der Waals surface area contributed by atoms with Gasteiger partial charge in [0.2, 0.25) is 0 Å². The maximum absolute atomic E-state index is 6.09. The molecule has 0 aliphatic carbocycles. The highest BCUT2D eigenvalue weighted by Gasteiger charge is 2.13. The first kappa shape index (κ1) is 13.7. The normalized spacial score (nSPS) is 11.2. The second kappa shape index (κ2) is 5.23. The van der Waals surface area contributed by atoms with Crippen LogP contribution in [0.3, 0.4) is 0 Å². The molecule has 0 saturated carbocycles. The minimum Gasteiger partial charge on any atom is -0.295 e. The van der Waals surface area contributed by atoms with Crippen LogP contribution >= 0.6 is 27.5 Å². The van der Waals surface area contributed by atoms with Crippen LogP contribution in [0.4, 0.5) is 0 Å². The molecule has 20 heavy (non-hydrogen) atoms. The van der Waals surface area contributed by atoms with E-state index in [1.165, 1.54) is 11.1 Å². The van der Waals surface area contributed by atoms with Gasteiger partial charge in [-0.3, -0.25) is 4.57 Å². The Morgan fingerprint density at radius 2 is 2.00 bits per heavy atom. The summed E-state index contributed by atoms with van der Waals surface area (Å²) in [4.78, 5) is 4.68. The molecule has 0 radical (unpaired) electrons. The van der Waals surface area contributed by atoms with Crippen LogP contribution in [0, 0.1) is 13.8 Å². The maximum atomic E-state index is 6.09. The summed E-state index contributed by atoms with van der Waals surface area (Å²) < 4.78 is 3.19. The zero-order valence-electron chi connectivity index (χ0n) is 11.3. The third kappa shape index (κ3) is 2.25. The number of hydrogen-bond donors (Lipinski definition) is 0. The van der Waals surface area contributed by atoms with Crippen molar-refractivity contribution in [2.75, 3.05) is 0 Å². The summed E-state index contributed by atoms with van der Waals surface area (Å²) >= 11 is 9.65. The summed E-state index contributed by atoms with van der Waals surface area (Å²) in [6, 6.07) is 12.5. The lowest BCUT2D eigenvalue weighted by Gasteiger charge is -2.09. The fourth-order valence-corrected chi connectivity index (χ4v) is 3.29. The van der Waals surface area contributed by atoms with Crippen LogP contribution in [0.5, 0.6) is 0 Å². The molecule has 0 amide bonds. The van der Waals surface area contributed by atoms with Crippen LogP contribution in [0.15, 0.2) is 40.9 Å². The first-order valence-corrected chi connectivity index (χ1v) is 7.73. The van der Waals surface area contributed by atoms with E-state index in [4.69, 9.17) is 11.6 Å². The molecule has 3 aromatic rings. The number of halogens is 2. The number of hydrogen-bond acceptors (Lipinski definition) is 1. The van der Waals surface area contributed by atoms with E-state index in [2.05, 4.69) is 75.7 Å². The molecule has 4 heteroatoms. The van der Waals surface area contributed by atoms with Gasteiger partial charge in [0.1, 0.15) is 5.82 Å². The van der Waals surface area contributed by atoms with Crippen LogP contribution in [0.1, 0.15) is 17.0 Å². The summed E-state index contributed by atoms with van der Waals surface area (Å²) in [6.07, 6.45) is 0. The quantitative estimate of drug-likeness (QED) is 0.585. The molecule has 1 heterocycles. The van der Waals surface area contributed by atoms with E-state index >= 15 is 0 Å². The predicted octanol–water partition coefficient (Wildman–Crippen LogP) is 5.14. The average molecular weight is 350 g/mol. The third-order valence-corrected chi connectivity index (χ3v) is 4.06. The molecule has 0 saturated heterocycles. The second-order valence-electron chi connectivity index (χ2n) is 4.93. The highest BCUT2D eigenvalue weighted by molar-refractivity contribution is 9.10. The van der Waals surface area contributed by atoms with Gasteiger partial charge in [0.15, 0.2) is 0 Å². The fraction of sp³-hybridized carbons (Fsp3) is 0.188. The van der Waals surface area contributed by atoms with Crippen molar-refractivity contribution < 1.29 is 0 Å². The molecular formula is C16H14BrClN2. The molecule has 3 rings (SSSR count). The van der Waals surface area contributed by atoms with Crippen molar-refractivity contribution in [2.24, 2.45) is 0 Å². The zero-order valence-corrected chi connectivity index (χ0v) is 13.7. The second-order valence-corrected chi connectivity index (χ2v) is 6.11. The van der Waals surface area contributed by atoms with Gasteiger partial charge >= 0.3 is 0 Å². The highest BCUT2D eigenvalue weighted by Crippen LogP contribution is 2.27. The molecule has 0 fully saturated rings. The van der Waals surface area contributed by atoms with E-state index < -0.39 is 0 Å². The fourth-order valence-electron chi connectivity index (χ4n) is 2.51. The van der Waals surface area contributed by atoms with E-state index in [1.807, 2.05) is 0 Å². The molecule has 0 spiro atoms. The molecule has 0 bridgehead atoms. The van der Waals surface area contributed by atoms with Gasteiger partial charge in [-0.1, -0.05) is 28.1 Å². The van der Waals surface area contributed by atoms with Crippen molar-refractivity contribution in [3.63, 3.8) is 0 Å². The molecule has 1 aromatic heterocycles. The number of alkyl halides is 1. The van der Waals surface area contributed by atoms with Gasteiger partial charge in [0, 0.05) is 10.2 Å². The first-order chi connectivity index (χ1) is 9.60. The molecule has 102 valence electrons. The lowest BCUT2D eigenvalue weighted by Crippen LogP contribution is -1.99. The van der Waals surface area contributed by atoms with Crippen LogP contribution in [-0.2, 0) is 5.88 Å². The SMILES string of the molecule is Cc1cc(Br)cc(-n2c(CCl)nc3c(C)cccc32)c1. The molecule has 0 unspecified atom stereocenters. The Labute approximate surface area is 131 Å². The number of benzene rings is 2. The number of aromatic nitrogens is 2. The van der Waals surface area contributed by atoms with E-state index in [0.29, 0.717) is 5.88 Å². The smallest absolute Gasteiger partial charge is 0.129 e. The lowest BCUT2D eigenvalue weighted by molar-refractivity contribution is 0.979. The minimum absolute atomic E-state index is 0.389. The monoisotopic (exact) mass is 348 g/mol. The molecule has 2 nitrogen and oxygen atoms in total. The van der Waals surface area contributed by atoms with Gasteiger partial charge < -0.3 is 0 Å². The Balaban J connectivity index is 2.37. The van der Waals surface area contributed by atoms with Gasteiger partial charge in [-0.25, -0.2) is 4.98 Å². The van der Waals surface area contributed by atoms with Crippen LogP contribution < -0.4 is 0 Å². The number of rotatable bonds is 2. The molecule has 0 aliphatic heterocycles. The highest BCUT2D eigenvalue weighted by atomic mass is 79.9. The average Bonchev–Trinajstić information content (AvgIpc) is 2.77. The topological polar surface area (TPSA) is 17.8 Å². The summed E-state index contributed by atoms with van der Waals surface area (Å²) in [5.41, 5.74) is 5.56. The predicted molar refractivity (Wildman–Crippen MR) is 87.8 cm³/mol. The number of fused-ring (bicyclic) bond motifs is 1. The van der Waals surface area contributed by atoms with Crippen LogP contribution in [-0.4, -0.2) is 9.55 Å². The first-order valence-electron chi connectivity index (χ1n) is 6.40. The number of aryl methyl sites for hydroxylation is 2. The van der Waals surface area contributed by atoms with Crippen LogP contribution in [0.25, 0.3) is 16.7 Å². The number of imidazole rings is 1. The summed E-state index contributed by atoms with van der Waals surface area (Å²) in [6.45, 7) is 4.16. The molecular weight excluding hydrogens is 336 g/mol.